The minimum absolute atomic E-state index is 0. The standard InChI is InChI=1S/C18H28N4OS.ClH/c1-5-19-11-13-6-8-22(9-7-13)17(23)15-10-14-16(12(2)3)20-21(4)18(14)24-15;/h10,12-13,19H,5-9,11H2,1-4H3;1H. The van der Waals surface area contributed by atoms with Crippen LogP contribution in [0.3, 0.4) is 0 Å². The Kier molecular flexibility index (Phi) is 6.88. The van der Waals surface area contributed by atoms with Crippen molar-refractivity contribution in [2.75, 3.05) is 26.2 Å². The van der Waals surface area contributed by atoms with E-state index < -0.39 is 0 Å². The van der Waals surface area contributed by atoms with Crippen molar-refractivity contribution in [3.63, 3.8) is 0 Å². The fourth-order valence-electron chi connectivity index (χ4n) is 3.44. The summed E-state index contributed by atoms with van der Waals surface area (Å²) in [6.07, 6.45) is 2.20. The van der Waals surface area contributed by atoms with Crippen LogP contribution in [0.2, 0.25) is 0 Å². The van der Waals surface area contributed by atoms with Gasteiger partial charge in [0.05, 0.1) is 10.6 Å². The van der Waals surface area contributed by atoms with Crippen LogP contribution in [0, 0.1) is 5.92 Å². The van der Waals surface area contributed by atoms with Crippen molar-refractivity contribution < 1.29 is 4.79 Å². The average molecular weight is 385 g/mol. The minimum atomic E-state index is 0. The van der Waals surface area contributed by atoms with Crippen molar-refractivity contribution in [2.45, 2.75) is 39.5 Å². The summed E-state index contributed by atoms with van der Waals surface area (Å²) in [5.41, 5.74) is 1.09. The lowest BCUT2D eigenvalue weighted by atomic mass is 9.96. The lowest BCUT2D eigenvalue weighted by molar-refractivity contribution is 0.0695. The molecule has 1 amide bonds. The van der Waals surface area contributed by atoms with Crippen molar-refractivity contribution in [1.82, 2.24) is 20.0 Å². The monoisotopic (exact) mass is 384 g/mol. The first kappa shape index (κ1) is 20.2. The number of fused-ring (bicyclic) bond motifs is 1. The van der Waals surface area contributed by atoms with Gasteiger partial charge in [0.25, 0.3) is 5.91 Å². The smallest absolute Gasteiger partial charge is 0.264 e. The molecule has 0 spiro atoms. The Morgan fingerprint density at radius 3 is 2.68 bits per heavy atom. The van der Waals surface area contributed by atoms with E-state index in [4.69, 9.17) is 0 Å². The first-order chi connectivity index (χ1) is 11.5. The summed E-state index contributed by atoms with van der Waals surface area (Å²) in [6, 6.07) is 2.05. The molecule has 1 aliphatic rings. The van der Waals surface area contributed by atoms with Crippen LogP contribution in [0.25, 0.3) is 10.2 Å². The summed E-state index contributed by atoms with van der Waals surface area (Å²) in [7, 11) is 1.96. The molecular formula is C18H29ClN4OS. The van der Waals surface area contributed by atoms with Crippen LogP contribution in [0.15, 0.2) is 6.07 Å². The van der Waals surface area contributed by atoms with Crippen molar-refractivity contribution >= 4 is 39.9 Å². The van der Waals surface area contributed by atoms with Gasteiger partial charge in [-0.05, 0) is 43.8 Å². The van der Waals surface area contributed by atoms with Gasteiger partial charge in [-0.25, -0.2) is 0 Å². The molecule has 0 unspecified atom stereocenters. The Morgan fingerprint density at radius 1 is 1.40 bits per heavy atom. The molecule has 2 aromatic heterocycles. The van der Waals surface area contributed by atoms with Gasteiger partial charge in [-0.1, -0.05) is 20.8 Å². The minimum Gasteiger partial charge on any atom is -0.338 e. The van der Waals surface area contributed by atoms with Crippen molar-refractivity contribution in [2.24, 2.45) is 13.0 Å². The molecule has 7 heteroatoms. The number of aromatic nitrogens is 2. The number of halogens is 1. The van der Waals surface area contributed by atoms with Gasteiger partial charge in [0.15, 0.2) is 0 Å². The van der Waals surface area contributed by atoms with Crippen LogP contribution >= 0.6 is 23.7 Å². The van der Waals surface area contributed by atoms with E-state index in [1.165, 1.54) is 0 Å². The molecule has 3 heterocycles. The fraction of sp³-hybridized carbons (Fsp3) is 0.667. The predicted octanol–water partition coefficient (Wildman–Crippen LogP) is 3.64. The summed E-state index contributed by atoms with van der Waals surface area (Å²) in [5.74, 6) is 1.26. The number of amides is 1. The maximum Gasteiger partial charge on any atom is 0.264 e. The number of hydrogen-bond acceptors (Lipinski definition) is 4. The largest absolute Gasteiger partial charge is 0.338 e. The van der Waals surface area contributed by atoms with E-state index in [0.717, 1.165) is 59.8 Å². The lowest BCUT2D eigenvalue weighted by Gasteiger charge is -2.31. The van der Waals surface area contributed by atoms with Gasteiger partial charge in [0.1, 0.15) is 4.83 Å². The molecule has 1 fully saturated rings. The first-order valence-electron chi connectivity index (χ1n) is 8.97. The van der Waals surface area contributed by atoms with Crippen LogP contribution in [0.4, 0.5) is 0 Å². The van der Waals surface area contributed by atoms with E-state index >= 15 is 0 Å². The number of nitrogens with one attached hydrogen (secondary N) is 1. The van der Waals surface area contributed by atoms with E-state index in [1.807, 2.05) is 16.6 Å². The first-order valence-corrected chi connectivity index (χ1v) is 9.79. The maximum atomic E-state index is 12.9. The number of hydrogen-bond donors (Lipinski definition) is 1. The second-order valence-corrected chi connectivity index (χ2v) is 8.07. The summed E-state index contributed by atoms with van der Waals surface area (Å²) >= 11 is 1.58. The molecule has 0 bridgehead atoms. The molecule has 0 aliphatic carbocycles. The van der Waals surface area contributed by atoms with Crippen LogP contribution in [-0.4, -0.2) is 46.8 Å². The van der Waals surface area contributed by atoms with E-state index in [-0.39, 0.29) is 18.3 Å². The molecule has 5 nitrogen and oxygen atoms in total. The van der Waals surface area contributed by atoms with Crippen LogP contribution < -0.4 is 5.32 Å². The summed E-state index contributed by atoms with van der Waals surface area (Å²) in [5, 5.41) is 9.16. The van der Waals surface area contributed by atoms with E-state index in [9.17, 15) is 4.79 Å². The van der Waals surface area contributed by atoms with Gasteiger partial charge in [-0.2, -0.15) is 5.10 Å². The van der Waals surface area contributed by atoms with Gasteiger partial charge in [-0.3, -0.25) is 9.48 Å². The molecule has 0 aromatic carbocycles. The Labute approximate surface area is 160 Å². The zero-order chi connectivity index (χ0) is 17.3. The predicted molar refractivity (Wildman–Crippen MR) is 107 cm³/mol. The molecule has 140 valence electrons. The number of carbonyl (C=O) groups is 1. The highest BCUT2D eigenvalue weighted by atomic mass is 35.5. The lowest BCUT2D eigenvalue weighted by Crippen LogP contribution is -2.40. The highest BCUT2D eigenvalue weighted by Gasteiger charge is 2.26. The number of piperidine rings is 1. The van der Waals surface area contributed by atoms with Crippen molar-refractivity contribution in [1.29, 1.82) is 0 Å². The van der Waals surface area contributed by atoms with Crippen molar-refractivity contribution in [3.05, 3.63) is 16.6 Å². The Hall–Kier alpha value is -1.11. The third-order valence-corrected chi connectivity index (χ3v) is 6.07. The van der Waals surface area contributed by atoms with Gasteiger partial charge in [0.2, 0.25) is 0 Å². The molecule has 3 rings (SSSR count). The molecular weight excluding hydrogens is 356 g/mol. The van der Waals surface area contributed by atoms with Gasteiger partial charge in [-0.15, -0.1) is 23.7 Å². The maximum absolute atomic E-state index is 12.9. The highest BCUT2D eigenvalue weighted by molar-refractivity contribution is 7.20. The van der Waals surface area contributed by atoms with Crippen LogP contribution in [0.5, 0.6) is 0 Å². The molecule has 1 aliphatic heterocycles. The quantitative estimate of drug-likeness (QED) is 0.856. The molecule has 0 atom stereocenters. The van der Waals surface area contributed by atoms with Crippen molar-refractivity contribution in [3.8, 4) is 0 Å². The second-order valence-electron chi connectivity index (χ2n) is 7.04. The zero-order valence-corrected chi connectivity index (χ0v) is 17.2. The third-order valence-electron chi connectivity index (χ3n) is 4.88. The zero-order valence-electron chi connectivity index (χ0n) is 15.5. The fourth-order valence-corrected chi connectivity index (χ4v) is 4.49. The number of thiophene rings is 1. The van der Waals surface area contributed by atoms with E-state index in [0.29, 0.717) is 11.8 Å². The molecule has 0 saturated carbocycles. The number of aryl methyl sites for hydroxylation is 1. The van der Waals surface area contributed by atoms with Gasteiger partial charge >= 0.3 is 0 Å². The normalized spacial score (nSPS) is 15.8. The summed E-state index contributed by atoms with van der Waals surface area (Å²) < 4.78 is 1.91. The topological polar surface area (TPSA) is 50.2 Å². The van der Waals surface area contributed by atoms with Gasteiger partial charge < -0.3 is 10.2 Å². The molecule has 1 N–H and O–H groups in total. The molecule has 25 heavy (non-hydrogen) atoms. The third kappa shape index (κ3) is 4.18. The van der Waals surface area contributed by atoms with Crippen LogP contribution in [0.1, 0.15) is 54.9 Å². The van der Waals surface area contributed by atoms with E-state index in [2.05, 4.69) is 37.3 Å². The number of carbonyl (C=O) groups excluding carboxylic acids is 1. The van der Waals surface area contributed by atoms with Crippen LogP contribution in [-0.2, 0) is 7.05 Å². The summed E-state index contributed by atoms with van der Waals surface area (Å²) in [6.45, 7) is 10.3. The Balaban J connectivity index is 0.00000225. The Bertz CT molecular complexity index is 716. The molecule has 0 radical (unpaired) electrons. The SMILES string of the molecule is CCNCC1CCN(C(=O)c2cc3c(C(C)C)nn(C)c3s2)CC1.Cl. The number of likely N-dealkylation sites (tertiary alicyclic amines) is 1. The highest BCUT2D eigenvalue weighted by Crippen LogP contribution is 2.32. The van der Waals surface area contributed by atoms with E-state index in [1.54, 1.807) is 11.3 Å². The average Bonchev–Trinajstić information content (AvgIpc) is 3.13. The van der Waals surface area contributed by atoms with Gasteiger partial charge in [0, 0.05) is 25.5 Å². The molecule has 1 saturated heterocycles. The summed E-state index contributed by atoms with van der Waals surface area (Å²) in [4.78, 5) is 16.8. The Morgan fingerprint density at radius 2 is 2.08 bits per heavy atom. The molecule has 2 aromatic rings. The second kappa shape index (κ2) is 8.52. The number of nitrogens with zero attached hydrogens (tertiary/aromatic N) is 3. The number of rotatable bonds is 5.